The van der Waals surface area contributed by atoms with E-state index in [2.05, 4.69) is 15.3 Å². The van der Waals surface area contributed by atoms with E-state index in [9.17, 15) is 9.18 Å². The van der Waals surface area contributed by atoms with E-state index in [1.165, 1.54) is 25.4 Å². The van der Waals surface area contributed by atoms with Gasteiger partial charge in [0.2, 0.25) is 5.91 Å². The number of aromatic nitrogens is 2. The van der Waals surface area contributed by atoms with Crippen LogP contribution in [-0.4, -0.2) is 21.6 Å². The van der Waals surface area contributed by atoms with E-state index in [0.717, 1.165) is 6.07 Å². The fourth-order valence-corrected chi connectivity index (χ4v) is 1.78. The number of benzene rings is 1. The molecule has 0 fully saturated rings. The molecule has 7 nitrogen and oxygen atoms in total. The predicted octanol–water partition coefficient (Wildman–Crippen LogP) is 1.15. The zero-order chi connectivity index (χ0) is 15.6. The summed E-state index contributed by atoms with van der Waals surface area (Å²) in [5.74, 6) is -0.971. The molecule has 1 aromatic carbocycles. The second-order valence-electron chi connectivity index (χ2n) is 4.27. The third-order valence-corrected chi connectivity index (χ3v) is 2.72. The van der Waals surface area contributed by atoms with Gasteiger partial charge in [0, 0.05) is 12.5 Å². The van der Waals surface area contributed by atoms with Crippen molar-refractivity contribution in [3.8, 4) is 0 Å². The maximum absolute atomic E-state index is 13.9. The summed E-state index contributed by atoms with van der Waals surface area (Å²) in [6.07, 6.45) is 1.18. The Morgan fingerprint density at radius 1 is 1.29 bits per heavy atom. The van der Waals surface area contributed by atoms with Crippen molar-refractivity contribution in [1.82, 2.24) is 9.97 Å². The number of rotatable bonds is 3. The molecule has 1 heterocycles. The van der Waals surface area contributed by atoms with Gasteiger partial charge in [0.1, 0.15) is 23.8 Å². The van der Waals surface area contributed by atoms with Crippen molar-refractivity contribution in [3.63, 3.8) is 0 Å². The smallest absolute Gasteiger partial charge is 0.221 e. The minimum Gasteiger partial charge on any atom is -0.383 e. The van der Waals surface area contributed by atoms with Crippen LogP contribution in [0.25, 0.3) is 0 Å². The molecule has 0 spiro atoms. The number of hydrogen-bond acceptors (Lipinski definition) is 6. The normalized spacial score (nSPS) is 10.2. The molecule has 1 amide bonds. The molecule has 0 aliphatic carbocycles. The number of amides is 1. The van der Waals surface area contributed by atoms with Gasteiger partial charge in [-0.3, -0.25) is 10.2 Å². The molecule has 0 radical (unpaired) electrons. The lowest BCUT2D eigenvalue weighted by Crippen LogP contribution is -2.13. The fourth-order valence-electron chi connectivity index (χ4n) is 1.78. The minimum atomic E-state index is -0.665. The molecule has 6 N–H and O–H groups in total. The van der Waals surface area contributed by atoms with Gasteiger partial charge in [-0.25, -0.2) is 14.4 Å². The molecule has 8 heteroatoms. The standard InChI is InChI=1S/C13H13FN6O/c1-6(21)20-9-3-2-7(4-8(9)14)11(15)10-12(16)18-5-19-13(10)17/h2-5,15H,1H3,(H,20,21)(H4,16,17,18,19). The van der Waals surface area contributed by atoms with E-state index >= 15 is 0 Å². The first kappa shape index (κ1) is 14.4. The summed E-state index contributed by atoms with van der Waals surface area (Å²) in [7, 11) is 0. The molecule has 0 unspecified atom stereocenters. The number of carbonyl (C=O) groups excluding carboxylic acids is 1. The Balaban J connectivity index is 2.41. The van der Waals surface area contributed by atoms with Gasteiger partial charge in [0.05, 0.1) is 17.0 Å². The summed E-state index contributed by atoms with van der Waals surface area (Å²) in [6.45, 7) is 1.28. The molecule has 0 aliphatic rings. The fraction of sp³-hybridized carbons (Fsp3) is 0.0769. The Kier molecular flexibility index (Phi) is 3.79. The zero-order valence-corrected chi connectivity index (χ0v) is 11.1. The monoisotopic (exact) mass is 288 g/mol. The Hall–Kier alpha value is -3.03. The van der Waals surface area contributed by atoms with Crippen LogP contribution >= 0.6 is 0 Å². The molecule has 0 atom stereocenters. The van der Waals surface area contributed by atoms with Gasteiger partial charge in [-0.1, -0.05) is 6.07 Å². The lowest BCUT2D eigenvalue weighted by molar-refractivity contribution is -0.114. The van der Waals surface area contributed by atoms with E-state index in [1.807, 2.05) is 0 Å². The van der Waals surface area contributed by atoms with Crippen LogP contribution in [0.15, 0.2) is 24.5 Å². The number of halogens is 1. The van der Waals surface area contributed by atoms with Crippen molar-refractivity contribution in [2.75, 3.05) is 16.8 Å². The van der Waals surface area contributed by atoms with Crippen LogP contribution in [-0.2, 0) is 4.79 Å². The second kappa shape index (κ2) is 5.53. The summed E-state index contributed by atoms with van der Waals surface area (Å²) in [5, 5.41) is 10.4. The van der Waals surface area contributed by atoms with Crippen LogP contribution in [0, 0.1) is 11.2 Å². The maximum Gasteiger partial charge on any atom is 0.221 e. The average molecular weight is 288 g/mol. The van der Waals surface area contributed by atoms with E-state index < -0.39 is 5.82 Å². The third-order valence-electron chi connectivity index (χ3n) is 2.72. The van der Waals surface area contributed by atoms with E-state index in [4.69, 9.17) is 16.9 Å². The lowest BCUT2D eigenvalue weighted by atomic mass is 10.0. The lowest BCUT2D eigenvalue weighted by Gasteiger charge is -2.10. The molecular formula is C13H13FN6O. The number of nitrogens with two attached hydrogens (primary N) is 2. The third kappa shape index (κ3) is 2.94. The summed E-state index contributed by atoms with van der Waals surface area (Å²) in [6, 6.07) is 3.94. The van der Waals surface area contributed by atoms with Gasteiger partial charge < -0.3 is 16.8 Å². The average Bonchev–Trinajstić information content (AvgIpc) is 2.40. The Bertz CT molecular complexity index is 710. The number of anilines is 3. The van der Waals surface area contributed by atoms with Gasteiger partial charge in [0.25, 0.3) is 0 Å². The van der Waals surface area contributed by atoms with Gasteiger partial charge in [-0.05, 0) is 12.1 Å². The largest absolute Gasteiger partial charge is 0.383 e. The number of nitrogens with one attached hydrogen (secondary N) is 2. The minimum absolute atomic E-state index is 0.0318. The van der Waals surface area contributed by atoms with Crippen LogP contribution < -0.4 is 16.8 Å². The summed E-state index contributed by atoms with van der Waals surface area (Å²) >= 11 is 0. The Labute approximate surface area is 119 Å². The number of hydrogen-bond donors (Lipinski definition) is 4. The topological polar surface area (TPSA) is 131 Å². The molecule has 2 aromatic rings. The number of carbonyl (C=O) groups is 1. The highest BCUT2D eigenvalue weighted by molar-refractivity contribution is 6.16. The Morgan fingerprint density at radius 3 is 2.43 bits per heavy atom. The van der Waals surface area contributed by atoms with Gasteiger partial charge in [0.15, 0.2) is 0 Å². The van der Waals surface area contributed by atoms with Crippen molar-refractivity contribution in [1.29, 1.82) is 5.41 Å². The molecule has 0 aliphatic heterocycles. The summed E-state index contributed by atoms with van der Waals surface area (Å²) in [5.41, 5.74) is 11.7. The van der Waals surface area contributed by atoms with Gasteiger partial charge >= 0.3 is 0 Å². The highest BCUT2D eigenvalue weighted by Crippen LogP contribution is 2.22. The van der Waals surface area contributed by atoms with Crippen molar-refractivity contribution in [3.05, 3.63) is 41.5 Å². The highest BCUT2D eigenvalue weighted by atomic mass is 19.1. The van der Waals surface area contributed by atoms with E-state index in [-0.39, 0.29) is 40.1 Å². The molecule has 1 aromatic heterocycles. The van der Waals surface area contributed by atoms with Crippen molar-refractivity contribution in [2.24, 2.45) is 0 Å². The van der Waals surface area contributed by atoms with E-state index in [1.54, 1.807) is 0 Å². The molecule has 0 saturated heterocycles. The number of nitrogens with zero attached hydrogens (tertiary/aromatic N) is 2. The highest BCUT2D eigenvalue weighted by Gasteiger charge is 2.16. The summed E-state index contributed by atoms with van der Waals surface area (Å²) in [4.78, 5) is 18.4. The van der Waals surface area contributed by atoms with Crippen LogP contribution in [0.2, 0.25) is 0 Å². The van der Waals surface area contributed by atoms with Crippen molar-refractivity contribution in [2.45, 2.75) is 6.92 Å². The molecule has 0 bridgehead atoms. The summed E-state index contributed by atoms with van der Waals surface area (Å²) < 4.78 is 13.9. The van der Waals surface area contributed by atoms with Crippen molar-refractivity contribution < 1.29 is 9.18 Å². The van der Waals surface area contributed by atoms with Crippen LogP contribution in [0.3, 0.4) is 0 Å². The van der Waals surface area contributed by atoms with Crippen molar-refractivity contribution >= 4 is 28.9 Å². The van der Waals surface area contributed by atoms with E-state index in [0.29, 0.717) is 0 Å². The first-order chi connectivity index (χ1) is 9.90. The molecule has 108 valence electrons. The van der Waals surface area contributed by atoms with Crippen LogP contribution in [0.4, 0.5) is 21.7 Å². The quantitative estimate of drug-likeness (QED) is 0.629. The molecular weight excluding hydrogens is 275 g/mol. The maximum atomic E-state index is 13.9. The van der Waals surface area contributed by atoms with Gasteiger partial charge in [-0.2, -0.15) is 0 Å². The number of nitrogen functional groups attached to an aromatic ring is 2. The molecule has 0 saturated carbocycles. The van der Waals surface area contributed by atoms with Crippen LogP contribution in [0.1, 0.15) is 18.1 Å². The molecule has 21 heavy (non-hydrogen) atoms. The van der Waals surface area contributed by atoms with Gasteiger partial charge in [-0.15, -0.1) is 0 Å². The first-order valence-corrected chi connectivity index (χ1v) is 5.92. The van der Waals surface area contributed by atoms with Crippen LogP contribution in [0.5, 0.6) is 0 Å². The second-order valence-corrected chi connectivity index (χ2v) is 4.27. The zero-order valence-electron chi connectivity index (χ0n) is 11.1. The predicted molar refractivity (Wildman–Crippen MR) is 77.5 cm³/mol. The SMILES string of the molecule is CC(=O)Nc1ccc(C(=N)c2c(N)ncnc2N)cc1F. The Morgan fingerprint density at radius 2 is 1.90 bits per heavy atom. The first-order valence-electron chi connectivity index (χ1n) is 5.92. The molecule has 2 rings (SSSR count).